The summed E-state index contributed by atoms with van der Waals surface area (Å²) in [4.78, 5) is 10.6. The van der Waals surface area contributed by atoms with E-state index in [2.05, 4.69) is 14.9 Å². The average Bonchev–Trinajstić information content (AvgIpc) is 3.12. The van der Waals surface area contributed by atoms with Gasteiger partial charge in [-0.15, -0.1) is 0 Å². The summed E-state index contributed by atoms with van der Waals surface area (Å²) in [5, 5.41) is 11.0. The van der Waals surface area contributed by atoms with Crippen LogP contribution in [0, 0.1) is 23.5 Å². The van der Waals surface area contributed by atoms with Gasteiger partial charge >= 0.3 is 0 Å². The molecule has 4 atom stereocenters. The van der Waals surface area contributed by atoms with E-state index in [1.54, 1.807) is 24.3 Å². The molecule has 150 valence electrons. The van der Waals surface area contributed by atoms with Crippen LogP contribution >= 0.6 is 0 Å². The summed E-state index contributed by atoms with van der Waals surface area (Å²) >= 11 is 0. The van der Waals surface area contributed by atoms with Gasteiger partial charge in [-0.2, -0.15) is 0 Å². The van der Waals surface area contributed by atoms with Crippen LogP contribution in [0.5, 0.6) is 5.75 Å². The molecule has 29 heavy (non-hydrogen) atoms. The highest BCUT2D eigenvalue weighted by atomic mass is 19.1. The quantitative estimate of drug-likeness (QED) is 0.732. The van der Waals surface area contributed by atoms with E-state index in [4.69, 9.17) is 4.74 Å². The second kappa shape index (κ2) is 7.22. The van der Waals surface area contributed by atoms with Gasteiger partial charge in [-0.05, 0) is 61.1 Å². The molecule has 2 aromatic carbocycles. The van der Waals surface area contributed by atoms with Gasteiger partial charge < -0.3 is 14.7 Å². The van der Waals surface area contributed by atoms with E-state index in [0.29, 0.717) is 47.8 Å². The molecule has 2 heterocycles. The molecule has 7 heteroatoms. The first-order valence-corrected chi connectivity index (χ1v) is 9.83. The zero-order valence-corrected chi connectivity index (χ0v) is 15.7. The maximum absolute atomic E-state index is 14.5. The fourth-order valence-corrected chi connectivity index (χ4v) is 4.67. The highest BCUT2D eigenvalue weighted by Gasteiger charge is 2.43. The summed E-state index contributed by atoms with van der Waals surface area (Å²) < 4.78 is 33.5. The van der Waals surface area contributed by atoms with Gasteiger partial charge in [0.2, 0.25) is 0 Å². The molecule has 0 bridgehead atoms. The molecule has 2 aliphatic rings. The van der Waals surface area contributed by atoms with Crippen LogP contribution in [-0.4, -0.2) is 40.4 Å². The number of aliphatic hydroxyl groups is 1. The predicted molar refractivity (Wildman–Crippen MR) is 105 cm³/mol. The first-order valence-electron chi connectivity index (χ1n) is 9.83. The summed E-state index contributed by atoms with van der Waals surface area (Å²) in [6.07, 6.45) is 1.82. The normalized spacial score (nSPS) is 26.5. The van der Waals surface area contributed by atoms with Gasteiger partial charge in [-0.25, -0.2) is 18.7 Å². The van der Waals surface area contributed by atoms with Gasteiger partial charge in [0.25, 0.3) is 0 Å². The molecule has 3 aromatic rings. The molecule has 1 N–H and O–H groups in total. The van der Waals surface area contributed by atoms with Crippen molar-refractivity contribution in [3.8, 4) is 5.75 Å². The van der Waals surface area contributed by atoms with Crippen molar-refractivity contribution in [2.45, 2.75) is 25.0 Å². The number of nitrogens with zero attached hydrogens (tertiary/aromatic N) is 3. The molecule has 1 aliphatic carbocycles. The molecule has 5 rings (SSSR count). The largest absolute Gasteiger partial charge is 0.488 e. The Bertz CT molecular complexity index is 1020. The minimum atomic E-state index is -0.597. The fourth-order valence-electron chi connectivity index (χ4n) is 4.67. The third-order valence-electron chi connectivity index (χ3n) is 6.08. The minimum absolute atomic E-state index is 0.287. The van der Waals surface area contributed by atoms with Crippen LogP contribution in [0.3, 0.4) is 0 Å². The molecule has 5 nitrogen and oxygen atoms in total. The van der Waals surface area contributed by atoms with E-state index in [9.17, 15) is 13.9 Å². The Hall–Kier alpha value is -2.80. The topological polar surface area (TPSA) is 58.5 Å². The lowest BCUT2D eigenvalue weighted by Crippen LogP contribution is -2.42. The van der Waals surface area contributed by atoms with E-state index >= 15 is 0 Å². The zero-order chi connectivity index (χ0) is 20.0. The first-order chi connectivity index (χ1) is 14.1. The van der Waals surface area contributed by atoms with Gasteiger partial charge in [0.05, 0.1) is 17.0 Å². The number of aromatic nitrogens is 2. The molecule has 1 aromatic heterocycles. The third kappa shape index (κ3) is 3.40. The Morgan fingerprint density at radius 3 is 2.52 bits per heavy atom. The number of benzene rings is 2. The molecule has 1 saturated heterocycles. The van der Waals surface area contributed by atoms with Gasteiger partial charge in [-0.3, -0.25) is 0 Å². The van der Waals surface area contributed by atoms with Crippen LogP contribution in [0.15, 0.2) is 48.8 Å². The van der Waals surface area contributed by atoms with Crippen LogP contribution in [0.25, 0.3) is 10.9 Å². The lowest BCUT2D eigenvalue weighted by atomic mass is 9.78. The van der Waals surface area contributed by atoms with E-state index < -0.39 is 6.10 Å². The second-order valence-electron chi connectivity index (χ2n) is 7.91. The number of hydrogen-bond donors (Lipinski definition) is 1. The molecule has 0 unspecified atom stereocenters. The monoisotopic (exact) mass is 397 g/mol. The number of anilines is 1. The van der Waals surface area contributed by atoms with Crippen LogP contribution in [0.4, 0.5) is 14.6 Å². The van der Waals surface area contributed by atoms with E-state index in [1.165, 1.54) is 24.5 Å². The van der Waals surface area contributed by atoms with Crippen molar-refractivity contribution in [1.82, 2.24) is 9.97 Å². The molecule has 2 fully saturated rings. The Balaban J connectivity index is 1.36. The molecule has 1 aliphatic heterocycles. The van der Waals surface area contributed by atoms with Crippen molar-refractivity contribution in [2.24, 2.45) is 11.8 Å². The Morgan fingerprint density at radius 1 is 0.966 bits per heavy atom. The van der Waals surface area contributed by atoms with Gasteiger partial charge in [0, 0.05) is 13.1 Å². The summed E-state index contributed by atoms with van der Waals surface area (Å²) in [7, 11) is 0. The number of aliphatic hydroxyl groups excluding tert-OH is 1. The lowest BCUT2D eigenvalue weighted by Gasteiger charge is -2.35. The molecular weight excluding hydrogens is 376 g/mol. The molecule has 0 spiro atoms. The number of ether oxygens (including phenoxy) is 1. The summed E-state index contributed by atoms with van der Waals surface area (Å²) in [6, 6.07) is 10.7. The van der Waals surface area contributed by atoms with Crippen LogP contribution in [0.1, 0.15) is 12.8 Å². The number of rotatable bonds is 3. The van der Waals surface area contributed by atoms with E-state index in [-0.39, 0.29) is 23.7 Å². The molecular formula is C22H21F2N3O2. The van der Waals surface area contributed by atoms with Gasteiger partial charge in [0.1, 0.15) is 35.6 Å². The van der Waals surface area contributed by atoms with Crippen molar-refractivity contribution in [3.63, 3.8) is 0 Å². The Morgan fingerprint density at radius 2 is 1.72 bits per heavy atom. The van der Waals surface area contributed by atoms with Crippen molar-refractivity contribution in [2.75, 3.05) is 18.0 Å². The number of halogens is 2. The Kier molecular flexibility index (Phi) is 4.54. The highest BCUT2D eigenvalue weighted by Crippen LogP contribution is 2.40. The van der Waals surface area contributed by atoms with Crippen molar-refractivity contribution in [3.05, 3.63) is 60.4 Å². The second-order valence-corrected chi connectivity index (χ2v) is 7.91. The average molecular weight is 397 g/mol. The zero-order valence-electron chi connectivity index (χ0n) is 15.7. The van der Waals surface area contributed by atoms with Gasteiger partial charge in [0.15, 0.2) is 0 Å². The first kappa shape index (κ1) is 18.2. The van der Waals surface area contributed by atoms with Crippen LogP contribution in [-0.2, 0) is 0 Å². The Labute approximate surface area is 167 Å². The standard InChI is InChI=1S/C22H21F2N3O2/c23-15-4-6-16(7-5-15)29-20-9-14-11-27(10-13(14)8-19(20)28)22-21-17(24)2-1-3-18(21)25-12-26-22/h1-7,12-14,19-20,28H,8-11H2/t13-,14+,19+,20+/m0/s1. The maximum atomic E-state index is 14.5. The third-order valence-corrected chi connectivity index (χ3v) is 6.08. The molecule has 0 amide bonds. The maximum Gasteiger partial charge on any atom is 0.142 e. The molecule has 1 saturated carbocycles. The van der Waals surface area contributed by atoms with Crippen molar-refractivity contribution >= 4 is 16.7 Å². The van der Waals surface area contributed by atoms with Crippen molar-refractivity contribution in [1.29, 1.82) is 0 Å². The highest BCUT2D eigenvalue weighted by molar-refractivity contribution is 5.89. The minimum Gasteiger partial charge on any atom is -0.488 e. The summed E-state index contributed by atoms with van der Waals surface area (Å²) in [5.41, 5.74) is 0.586. The molecule has 0 radical (unpaired) electrons. The SMILES string of the molecule is O[C@@H]1C[C@H]2CN(c3ncnc4cccc(F)c34)C[C@H]2C[C@H]1Oc1ccc(F)cc1. The van der Waals surface area contributed by atoms with E-state index in [1.807, 2.05) is 0 Å². The summed E-state index contributed by atoms with van der Waals surface area (Å²) in [6.45, 7) is 1.44. The smallest absolute Gasteiger partial charge is 0.142 e. The number of fused-ring (bicyclic) bond motifs is 2. The van der Waals surface area contributed by atoms with Crippen molar-refractivity contribution < 1.29 is 18.6 Å². The van der Waals surface area contributed by atoms with Crippen LogP contribution in [0.2, 0.25) is 0 Å². The van der Waals surface area contributed by atoms with Crippen LogP contribution < -0.4 is 9.64 Å². The van der Waals surface area contributed by atoms with Gasteiger partial charge in [-0.1, -0.05) is 6.07 Å². The summed E-state index contributed by atoms with van der Waals surface area (Å²) in [5.74, 6) is 1.10. The lowest BCUT2D eigenvalue weighted by molar-refractivity contribution is -0.0231. The number of hydrogen-bond acceptors (Lipinski definition) is 5. The van der Waals surface area contributed by atoms with E-state index in [0.717, 1.165) is 6.54 Å². The fraction of sp³-hybridized carbons (Fsp3) is 0.364. The predicted octanol–water partition coefficient (Wildman–Crippen LogP) is 3.56.